The Morgan fingerprint density at radius 2 is 1.62 bits per heavy atom. The Hall–Kier alpha value is -1.49. The number of fused-ring (bicyclic) bond motifs is 1. The summed E-state index contributed by atoms with van der Waals surface area (Å²) in [6.07, 6.45) is -4.84. The van der Waals surface area contributed by atoms with E-state index >= 15 is 0 Å². The van der Waals surface area contributed by atoms with Crippen LogP contribution in [0.25, 0.3) is 0 Å². The van der Waals surface area contributed by atoms with Crippen LogP contribution in [0.5, 0.6) is 5.75 Å². The van der Waals surface area contributed by atoms with Gasteiger partial charge in [-0.3, -0.25) is 0 Å². The molecule has 11 heteroatoms. The van der Waals surface area contributed by atoms with Crippen molar-refractivity contribution in [2.75, 3.05) is 20.1 Å². The minimum atomic E-state index is -6.21. The zero-order valence-corrected chi connectivity index (χ0v) is 13.1. The van der Waals surface area contributed by atoms with E-state index in [2.05, 4.69) is 4.18 Å². The van der Waals surface area contributed by atoms with Gasteiger partial charge in [0.2, 0.25) is 0 Å². The summed E-state index contributed by atoms with van der Waals surface area (Å²) in [6.45, 7) is 0.737. The number of likely N-dealkylation sites (N-methyl/N-ethyl adjacent to an activating group) is 1. The molecule has 1 heterocycles. The number of benzene rings is 1. The fourth-order valence-corrected chi connectivity index (χ4v) is 2.88. The van der Waals surface area contributed by atoms with Gasteiger partial charge in [0.25, 0.3) is 0 Å². The van der Waals surface area contributed by atoms with Crippen LogP contribution in [0.15, 0.2) is 12.1 Å². The number of halogens is 6. The molecule has 2 rings (SSSR count). The van der Waals surface area contributed by atoms with E-state index in [-0.39, 0.29) is 24.9 Å². The number of hydrogen-bond acceptors (Lipinski definition) is 4. The van der Waals surface area contributed by atoms with Crippen molar-refractivity contribution >= 4 is 10.1 Å². The summed E-state index contributed by atoms with van der Waals surface area (Å²) in [4.78, 5) is 1.77. The molecule has 1 aromatic carbocycles. The molecule has 0 radical (unpaired) electrons. The van der Waals surface area contributed by atoms with E-state index in [4.69, 9.17) is 0 Å². The van der Waals surface area contributed by atoms with Gasteiger partial charge in [-0.25, -0.2) is 0 Å². The van der Waals surface area contributed by atoms with Crippen LogP contribution in [0.2, 0.25) is 0 Å². The lowest BCUT2D eigenvalue weighted by molar-refractivity contribution is -0.138. The second-order valence-corrected chi connectivity index (χ2v) is 6.90. The van der Waals surface area contributed by atoms with Gasteiger partial charge in [0.05, 0.1) is 5.56 Å². The minimum Gasteiger partial charge on any atom is -0.375 e. The third kappa shape index (κ3) is 3.77. The van der Waals surface area contributed by atoms with E-state index in [1.807, 2.05) is 0 Å². The SMILES string of the molecule is CN1CCc2ccc(C(F)(F)F)c(OS(=O)(=O)C(F)(F)F)c2CC1. The molecule has 1 aliphatic rings. The standard InChI is InChI=1S/C13H13F6NO3S/c1-20-6-4-8-2-3-10(12(14,15)16)11(9(8)5-7-20)23-24(21,22)13(17,18)19/h2-3H,4-7H2,1H3. The molecule has 0 N–H and O–H groups in total. The topological polar surface area (TPSA) is 46.6 Å². The van der Waals surface area contributed by atoms with Crippen molar-refractivity contribution in [2.45, 2.75) is 24.5 Å². The van der Waals surface area contributed by atoms with Crippen LogP contribution < -0.4 is 4.18 Å². The van der Waals surface area contributed by atoms with Crippen LogP contribution in [0.1, 0.15) is 16.7 Å². The highest BCUT2D eigenvalue weighted by Crippen LogP contribution is 2.42. The van der Waals surface area contributed by atoms with Crippen LogP contribution in [0, 0.1) is 0 Å². The summed E-state index contributed by atoms with van der Waals surface area (Å²) >= 11 is 0. The summed E-state index contributed by atoms with van der Waals surface area (Å²) in [6, 6.07) is 1.69. The van der Waals surface area contributed by atoms with Crippen LogP contribution in [0.3, 0.4) is 0 Å². The lowest BCUT2D eigenvalue weighted by atomic mass is 9.98. The fraction of sp³-hybridized carbons (Fsp3) is 0.538. The third-order valence-corrected chi connectivity index (χ3v) is 4.60. The van der Waals surface area contributed by atoms with Gasteiger partial charge in [0, 0.05) is 18.7 Å². The molecule has 0 saturated heterocycles. The first kappa shape index (κ1) is 18.8. The lowest BCUT2D eigenvalue weighted by Crippen LogP contribution is -2.29. The first-order valence-electron chi connectivity index (χ1n) is 6.74. The molecule has 0 atom stereocenters. The average molecular weight is 377 g/mol. The van der Waals surface area contributed by atoms with Gasteiger partial charge >= 0.3 is 21.8 Å². The highest BCUT2D eigenvalue weighted by atomic mass is 32.2. The van der Waals surface area contributed by atoms with Crippen molar-refractivity contribution in [3.8, 4) is 5.75 Å². The molecule has 0 bridgehead atoms. The number of hydrogen-bond donors (Lipinski definition) is 0. The largest absolute Gasteiger partial charge is 0.534 e. The monoisotopic (exact) mass is 377 g/mol. The van der Waals surface area contributed by atoms with E-state index in [0.717, 1.165) is 6.07 Å². The lowest BCUT2D eigenvalue weighted by Gasteiger charge is -2.19. The average Bonchev–Trinajstić information content (AvgIpc) is 2.58. The summed E-state index contributed by atoms with van der Waals surface area (Å²) in [5, 5.41) is 0. The number of alkyl halides is 6. The van der Waals surface area contributed by atoms with E-state index in [9.17, 15) is 34.8 Å². The predicted molar refractivity (Wildman–Crippen MR) is 72.0 cm³/mol. The molecule has 0 fully saturated rings. The Labute approximate surface area is 134 Å². The van der Waals surface area contributed by atoms with Crippen molar-refractivity contribution in [2.24, 2.45) is 0 Å². The zero-order valence-electron chi connectivity index (χ0n) is 12.3. The molecule has 1 aliphatic heterocycles. The van der Waals surface area contributed by atoms with Gasteiger partial charge in [0.15, 0.2) is 5.75 Å². The highest BCUT2D eigenvalue weighted by molar-refractivity contribution is 7.88. The molecule has 0 aromatic heterocycles. The molecule has 0 unspecified atom stereocenters. The molecule has 1 aromatic rings. The Bertz CT molecular complexity index is 726. The fourth-order valence-electron chi connectivity index (χ4n) is 2.38. The van der Waals surface area contributed by atoms with Crippen LogP contribution >= 0.6 is 0 Å². The van der Waals surface area contributed by atoms with E-state index in [1.165, 1.54) is 0 Å². The van der Waals surface area contributed by atoms with Crippen LogP contribution in [-0.4, -0.2) is 39.0 Å². The number of nitrogens with zero attached hydrogens (tertiary/aromatic N) is 1. The predicted octanol–water partition coefficient (Wildman–Crippen LogP) is 2.96. The molecule has 0 aliphatic carbocycles. The molecular formula is C13H13F6NO3S. The minimum absolute atomic E-state index is 0.0571. The van der Waals surface area contributed by atoms with Crippen molar-refractivity contribution in [1.29, 1.82) is 0 Å². The quantitative estimate of drug-likeness (QED) is 0.452. The molecule has 0 amide bonds. The Balaban J connectivity index is 2.63. The second kappa shape index (κ2) is 6.10. The molecule has 24 heavy (non-hydrogen) atoms. The summed E-state index contributed by atoms with van der Waals surface area (Å²) < 4.78 is 103. The van der Waals surface area contributed by atoms with Gasteiger partial charge in [-0.05, 0) is 31.5 Å². The molecule has 136 valence electrons. The second-order valence-electron chi connectivity index (χ2n) is 5.36. The van der Waals surface area contributed by atoms with Crippen molar-refractivity contribution in [3.63, 3.8) is 0 Å². The van der Waals surface area contributed by atoms with Gasteiger partial charge in [-0.1, -0.05) is 6.07 Å². The summed E-state index contributed by atoms with van der Waals surface area (Å²) in [7, 11) is -4.51. The Kier molecular flexibility index (Phi) is 4.79. The Morgan fingerprint density at radius 1 is 1.04 bits per heavy atom. The van der Waals surface area contributed by atoms with Crippen molar-refractivity contribution in [1.82, 2.24) is 4.90 Å². The first-order valence-corrected chi connectivity index (χ1v) is 8.15. The van der Waals surface area contributed by atoms with E-state index in [1.54, 1.807) is 11.9 Å². The summed E-state index contributed by atoms with van der Waals surface area (Å²) in [5.41, 5.74) is -7.19. The zero-order chi connectivity index (χ0) is 18.3. The van der Waals surface area contributed by atoms with Crippen LogP contribution in [0.4, 0.5) is 26.3 Å². The molecule has 0 saturated carbocycles. The van der Waals surface area contributed by atoms with Gasteiger partial charge in [-0.2, -0.15) is 34.8 Å². The first-order chi connectivity index (χ1) is 10.8. The normalized spacial score (nSPS) is 17.3. The maximum atomic E-state index is 13.1. The highest BCUT2D eigenvalue weighted by Gasteiger charge is 2.50. The summed E-state index contributed by atoms with van der Waals surface area (Å²) in [5.74, 6) is -1.28. The number of rotatable bonds is 2. The smallest absolute Gasteiger partial charge is 0.375 e. The van der Waals surface area contributed by atoms with Crippen molar-refractivity contribution in [3.05, 3.63) is 28.8 Å². The third-order valence-electron chi connectivity index (χ3n) is 3.65. The molecule has 0 spiro atoms. The molecular weight excluding hydrogens is 364 g/mol. The van der Waals surface area contributed by atoms with E-state index < -0.39 is 33.1 Å². The van der Waals surface area contributed by atoms with Gasteiger partial charge in [0.1, 0.15) is 0 Å². The van der Waals surface area contributed by atoms with Crippen LogP contribution in [-0.2, 0) is 29.1 Å². The Morgan fingerprint density at radius 3 is 2.17 bits per heavy atom. The van der Waals surface area contributed by atoms with Gasteiger partial charge < -0.3 is 9.08 Å². The maximum Gasteiger partial charge on any atom is 0.534 e. The van der Waals surface area contributed by atoms with E-state index in [0.29, 0.717) is 18.2 Å². The molecule has 4 nitrogen and oxygen atoms in total. The van der Waals surface area contributed by atoms with Gasteiger partial charge in [-0.15, -0.1) is 0 Å². The maximum absolute atomic E-state index is 13.1. The van der Waals surface area contributed by atoms with Crippen molar-refractivity contribution < 1.29 is 38.9 Å².